The largest absolute Gasteiger partial charge is 0.485 e. The average molecular weight is 214 g/mol. The second-order valence-corrected chi connectivity index (χ2v) is 4.81. The van der Waals surface area contributed by atoms with Crippen LogP contribution in [0.25, 0.3) is 0 Å². The van der Waals surface area contributed by atoms with Crippen molar-refractivity contribution >= 4 is 11.3 Å². The van der Waals surface area contributed by atoms with E-state index in [-0.39, 0.29) is 6.10 Å². The van der Waals surface area contributed by atoms with Crippen LogP contribution in [0.1, 0.15) is 9.75 Å². The molecule has 78 valence electrons. The summed E-state index contributed by atoms with van der Waals surface area (Å²) in [6.45, 7) is 5.26. The van der Waals surface area contributed by atoms with Crippen molar-refractivity contribution in [3.05, 3.63) is 9.75 Å². The first kappa shape index (κ1) is 9.80. The molecule has 0 bridgehead atoms. The van der Waals surface area contributed by atoms with Crippen molar-refractivity contribution in [2.45, 2.75) is 20.0 Å². The summed E-state index contributed by atoms with van der Waals surface area (Å²) in [5.41, 5.74) is 0. The molecule has 1 atom stereocenters. The smallest absolute Gasteiger partial charge is 0.175 e. The normalized spacial score (nSPS) is 19.8. The van der Waals surface area contributed by atoms with Crippen molar-refractivity contribution in [3.63, 3.8) is 0 Å². The third-order valence-electron chi connectivity index (χ3n) is 2.20. The second-order valence-electron chi connectivity index (χ2n) is 3.38. The number of ether oxygens (including phenoxy) is 3. The molecule has 1 aromatic rings. The van der Waals surface area contributed by atoms with Gasteiger partial charge in [-0.25, -0.2) is 0 Å². The van der Waals surface area contributed by atoms with E-state index in [4.69, 9.17) is 14.2 Å². The Kier molecular flexibility index (Phi) is 2.65. The summed E-state index contributed by atoms with van der Waals surface area (Å²) in [6.07, 6.45) is 0.0280. The molecule has 14 heavy (non-hydrogen) atoms. The Labute approximate surface area is 87.6 Å². The molecule has 1 aromatic heterocycles. The molecular formula is C10H14O3S. The van der Waals surface area contributed by atoms with Crippen molar-refractivity contribution in [2.24, 2.45) is 0 Å². The minimum absolute atomic E-state index is 0.0280. The summed E-state index contributed by atoms with van der Waals surface area (Å²) in [5, 5.41) is 0. The highest BCUT2D eigenvalue weighted by Crippen LogP contribution is 2.43. The topological polar surface area (TPSA) is 27.7 Å². The molecule has 0 spiro atoms. The molecule has 0 aromatic carbocycles. The van der Waals surface area contributed by atoms with Crippen molar-refractivity contribution < 1.29 is 14.2 Å². The summed E-state index contributed by atoms with van der Waals surface area (Å²) >= 11 is 1.71. The molecule has 1 aliphatic heterocycles. The standard InChI is InChI=1S/C10H14O3S/c1-6-9-10(7(2)14-6)13-8(4-11-3)5-12-9/h8H,4-5H2,1-3H3. The third kappa shape index (κ3) is 1.60. The number of fused-ring (bicyclic) bond motifs is 1. The monoisotopic (exact) mass is 214 g/mol. The lowest BCUT2D eigenvalue weighted by Crippen LogP contribution is -2.32. The Morgan fingerprint density at radius 2 is 2.07 bits per heavy atom. The van der Waals surface area contributed by atoms with Crippen molar-refractivity contribution in [3.8, 4) is 11.5 Å². The van der Waals surface area contributed by atoms with Crippen LogP contribution in [0.3, 0.4) is 0 Å². The molecule has 1 unspecified atom stereocenters. The van der Waals surface area contributed by atoms with E-state index in [1.54, 1.807) is 18.4 Å². The molecule has 4 heteroatoms. The first-order chi connectivity index (χ1) is 6.72. The summed E-state index contributed by atoms with van der Waals surface area (Å²) in [5.74, 6) is 1.82. The molecule has 0 fully saturated rings. The van der Waals surface area contributed by atoms with E-state index in [2.05, 4.69) is 13.8 Å². The van der Waals surface area contributed by atoms with Crippen LogP contribution in [-0.2, 0) is 4.74 Å². The summed E-state index contributed by atoms with van der Waals surface area (Å²) < 4.78 is 16.5. The van der Waals surface area contributed by atoms with Gasteiger partial charge in [0, 0.05) is 16.9 Å². The number of hydrogen-bond donors (Lipinski definition) is 0. The van der Waals surface area contributed by atoms with Gasteiger partial charge < -0.3 is 14.2 Å². The quantitative estimate of drug-likeness (QED) is 0.755. The predicted octanol–water partition coefficient (Wildman–Crippen LogP) is 2.15. The van der Waals surface area contributed by atoms with Crippen LogP contribution in [0, 0.1) is 13.8 Å². The molecule has 2 heterocycles. The second kappa shape index (κ2) is 3.79. The number of aryl methyl sites for hydroxylation is 2. The molecule has 0 saturated heterocycles. The van der Waals surface area contributed by atoms with Gasteiger partial charge in [-0.3, -0.25) is 0 Å². The van der Waals surface area contributed by atoms with Crippen molar-refractivity contribution in [1.82, 2.24) is 0 Å². The van der Waals surface area contributed by atoms with Crippen molar-refractivity contribution in [2.75, 3.05) is 20.3 Å². The van der Waals surface area contributed by atoms with Gasteiger partial charge in [-0.15, -0.1) is 11.3 Å². The van der Waals surface area contributed by atoms with Gasteiger partial charge in [0.2, 0.25) is 0 Å². The third-order valence-corrected chi connectivity index (χ3v) is 3.19. The van der Waals surface area contributed by atoms with Crippen LogP contribution >= 0.6 is 11.3 Å². The SMILES string of the molecule is COCC1COc2c(C)sc(C)c2O1. The number of hydrogen-bond acceptors (Lipinski definition) is 4. The summed E-state index contributed by atoms with van der Waals surface area (Å²) in [6, 6.07) is 0. The first-order valence-electron chi connectivity index (χ1n) is 4.60. The Morgan fingerprint density at radius 1 is 1.36 bits per heavy atom. The molecule has 0 amide bonds. The van der Waals surface area contributed by atoms with Gasteiger partial charge in [-0.05, 0) is 13.8 Å². The molecule has 0 N–H and O–H groups in total. The Hall–Kier alpha value is -0.740. The molecule has 0 saturated carbocycles. The van der Waals surface area contributed by atoms with E-state index in [0.29, 0.717) is 13.2 Å². The van der Waals surface area contributed by atoms with Crippen LogP contribution in [-0.4, -0.2) is 26.4 Å². The highest BCUT2D eigenvalue weighted by molar-refractivity contribution is 7.12. The highest BCUT2D eigenvalue weighted by Gasteiger charge is 2.25. The average Bonchev–Trinajstić information content (AvgIpc) is 2.43. The summed E-state index contributed by atoms with van der Waals surface area (Å²) in [4.78, 5) is 2.37. The van der Waals surface area contributed by atoms with Gasteiger partial charge in [-0.1, -0.05) is 0 Å². The maximum atomic E-state index is 5.78. The fourth-order valence-corrected chi connectivity index (χ4v) is 2.53. The Morgan fingerprint density at radius 3 is 2.79 bits per heavy atom. The van der Waals surface area contributed by atoms with Gasteiger partial charge in [0.1, 0.15) is 6.61 Å². The zero-order chi connectivity index (χ0) is 10.1. The predicted molar refractivity (Wildman–Crippen MR) is 55.6 cm³/mol. The van der Waals surface area contributed by atoms with E-state index in [0.717, 1.165) is 11.5 Å². The highest BCUT2D eigenvalue weighted by atomic mass is 32.1. The van der Waals surface area contributed by atoms with Gasteiger partial charge in [-0.2, -0.15) is 0 Å². The van der Waals surface area contributed by atoms with E-state index in [1.165, 1.54) is 9.75 Å². The first-order valence-corrected chi connectivity index (χ1v) is 5.42. The van der Waals surface area contributed by atoms with E-state index >= 15 is 0 Å². The van der Waals surface area contributed by atoms with Gasteiger partial charge in [0.05, 0.1) is 6.61 Å². The zero-order valence-electron chi connectivity index (χ0n) is 8.62. The molecule has 0 aliphatic carbocycles. The fraction of sp³-hybridized carbons (Fsp3) is 0.600. The van der Waals surface area contributed by atoms with Crippen LogP contribution < -0.4 is 9.47 Å². The van der Waals surface area contributed by atoms with Crippen LogP contribution in [0.4, 0.5) is 0 Å². The minimum Gasteiger partial charge on any atom is -0.485 e. The van der Waals surface area contributed by atoms with E-state index < -0.39 is 0 Å². The van der Waals surface area contributed by atoms with Crippen molar-refractivity contribution in [1.29, 1.82) is 0 Å². The molecule has 2 rings (SSSR count). The lowest BCUT2D eigenvalue weighted by Gasteiger charge is -2.24. The molecule has 0 radical (unpaired) electrons. The Bertz CT molecular complexity index is 332. The zero-order valence-corrected chi connectivity index (χ0v) is 9.44. The van der Waals surface area contributed by atoms with Gasteiger partial charge >= 0.3 is 0 Å². The van der Waals surface area contributed by atoms with Crippen LogP contribution in [0.15, 0.2) is 0 Å². The molecule has 3 nitrogen and oxygen atoms in total. The van der Waals surface area contributed by atoms with Crippen LogP contribution in [0.5, 0.6) is 11.5 Å². The van der Waals surface area contributed by atoms with Gasteiger partial charge in [0.15, 0.2) is 17.6 Å². The lowest BCUT2D eigenvalue weighted by molar-refractivity contribution is 0.0272. The summed E-state index contributed by atoms with van der Waals surface area (Å²) in [7, 11) is 1.67. The Balaban J connectivity index is 2.21. The minimum atomic E-state index is 0.0280. The van der Waals surface area contributed by atoms with Crippen LogP contribution in [0.2, 0.25) is 0 Å². The number of thiophene rings is 1. The van der Waals surface area contributed by atoms with E-state index in [1.807, 2.05) is 0 Å². The number of methoxy groups -OCH3 is 1. The molecule has 1 aliphatic rings. The lowest BCUT2D eigenvalue weighted by atomic mass is 10.3. The fourth-order valence-electron chi connectivity index (χ4n) is 1.59. The molecular weight excluding hydrogens is 200 g/mol. The van der Waals surface area contributed by atoms with Gasteiger partial charge in [0.25, 0.3) is 0 Å². The van der Waals surface area contributed by atoms with E-state index in [9.17, 15) is 0 Å². The maximum Gasteiger partial charge on any atom is 0.175 e. The maximum absolute atomic E-state index is 5.78. The number of rotatable bonds is 2.